The highest BCUT2D eigenvalue weighted by Gasteiger charge is 2.32. The van der Waals surface area contributed by atoms with Gasteiger partial charge < -0.3 is 4.74 Å². The molecule has 0 radical (unpaired) electrons. The van der Waals surface area contributed by atoms with E-state index in [1.54, 1.807) is 13.8 Å². The lowest BCUT2D eigenvalue weighted by molar-refractivity contribution is 0.0991. The van der Waals surface area contributed by atoms with Gasteiger partial charge in [0.25, 0.3) is 0 Å². The summed E-state index contributed by atoms with van der Waals surface area (Å²) in [7, 11) is 0. The second kappa shape index (κ2) is 7.24. The fourth-order valence-corrected chi connectivity index (χ4v) is 3.11. The van der Waals surface area contributed by atoms with E-state index in [0.29, 0.717) is 12.2 Å². The summed E-state index contributed by atoms with van der Waals surface area (Å²) in [5.74, 6) is -1.44. The summed E-state index contributed by atoms with van der Waals surface area (Å²) in [5.41, 5.74) is 1.59. The van der Waals surface area contributed by atoms with E-state index in [4.69, 9.17) is 10.00 Å². The first-order valence-corrected chi connectivity index (χ1v) is 8.54. The zero-order valence-corrected chi connectivity index (χ0v) is 14.7. The molecular weight excluding hydrogens is 340 g/mol. The molecule has 1 fully saturated rings. The van der Waals surface area contributed by atoms with Crippen molar-refractivity contribution < 1.29 is 18.3 Å². The minimum atomic E-state index is -0.715. The van der Waals surface area contributed by atoms with E-state index in [1.807, 2.05) is 6.07 Å². The van der Waals surface area contributed by atoms with Crippen LogP contribution < -0.4 is 4.74 Å². The fourth-order valence-electron chi connectivity index (χ4n) is 3.11. The molecule has 1 heterocycles. The molecule has 3 rings (SSSR count). The molecule has 26 heavy (non-hydrogen) atoms. The monoisotopic (exact) mass is 359 g/mol. The van der Waals surface area contributed by atoms with Crippen LogP contribution in [0.15, 0.2) is 12.1 Å². The minimum absolute atomic E-state index is 0.115. The SMILES string of the molecule is CCOc1cc(F)c(Cn2nc(C(=O)CC#N)c(C)c2C2CC2)c(F)c1. The van der Waals surface area contributed by atoms with Crippen LogP contribution in [-0.2, 0) is 6.54 Å². The van der Waals surface area contributed by atoms with Crippen LogP contribution in [-0.4, -0.2) is 22.2 Å². The van der Waals surface area contributed by atoms with Crippen molar-refractivity contribution in [3.8, 4) is 11.8 Å². The number of nitriles is 1. The third kappa shape index (κ3) is 3.45. The third-order valence-electron chi connectivity index (χ3n) is 4.44. The first-order valence-electron chi connectivity index (χ1n) is 8.54. The fraction of sp³-hybridized carbons (Fsp3) is 0.421. The van der Waals surface area contributed by atoms with E-state index < -0.39 is 11.6 Å². The smallest absolute Gasteiger partial charge is 0.197 e. The number of hydrogen-bond donors (Lipinski definition) is 0. The van der Waals surface area contributed by atoms with Gasteiger partial charge in [0.1, 0.15) is 29.5 Å². The van der Waals surface area contributed by atoms with Crippen LogP contribution in [0.25, 0.3) is 0 Å². The van der Waals surface area contributed by atoms with Gasteiger partial charge in [-0.05, 0) is 26.7 Å². The normalized spacial score (nSPS) is 13.5. The predicted octanol–water partition coefficient (Wildman–Crippen LogP) is 3.89. The molecule has 7 heteroatoms. The molecule has 0 amide bonds. The number of hydrogen-bond acceptors (Lipinski definition) is 4. The number of ketones is 1. The van der Waals surface area contributed by atoms with Gasteiger partial charge in [-0.15, -0.1) is 0 Å². The number of ether oxygens (including phenoxy) is 1. The summed E-state index contributed by atoms with van der Waals surface area (Å²) < 4.78 is 35.4. The van der Waals surface area contributed by atoms with Gasteiger partial charge in [0.05, 0.1) is 19.2 Å². The van der Waals surface area contributed by atoms with Gasteiger partial charge in [0.15, 0.2) is 5.78 Å². The molecule has 0 bridgehead atoms. The van der Waals surface area contributed by atoms with Gasteiger partial charge >= 0.3 is 0 Å². The van der Waals surface area contributed by atoms with Crippen LogP contribution in [0.1, 0.15) is 59.4 Å². The maximum Gasteiger partial charge on any atom is 0.197 e. The zero-order chi connectivity index (χ0) is 18.8. The van der Waals surface area contributed by atoms with Gasteiger partial charge in [-0.25, -0.2) is 8.78 Å². The molecule has 1 aliphatic carbocycles. The molecule has 136 valence electrons. The van der Waals surface area contributed by atoms with Gasteiger partial charge in [-0.1, -0.05) is 0 Å². The molecule has 0 unspecified atom stereocenters. The van der Waals surface area contributed by atoms with Crippen LogP contribution in [0.3, 0.4) is 0 Å². The minimum Gasteiger partial charge on any atom is -0.494 e. The standard InChI is InChI=1S/C19H19F2N3O2/c1-3-26-13-8-15(20)14(16(21)9-13)10-24-19(12-4-5-12)11(2)18(23-24)17(25)6-7-22/h8-9,12H,3-6,10H2,1-2H3. The average molecular weight is 359 g/mol. The van der Waals surface area contributed by atoms with Crippen molar-refractivity contribution in [3.63, 3.8) is 0 Å². The van der Waals surface area contributed by atoms with Gasteiger partial charge in [-0.3, -0.25) is 9.48 Å². The van der Waals surface area contributed by atoms with Crippen molar-refractivity contribution in [3.05, 3.63) is 46.3 Å². The quantitative estimate of drug-likeness (QED) is 0.704. The molecule has 0 spiro atoms. The van der Waals surface area contributed by atoms with Crippen LogP contribution in [0.5, 0.6) is 5.75 Å². The Bertz CT molecular complexity index is 872. The second-order valence-electron chi connectivity index (χ2n) is 6.35. The van der Waals surface area contributed by atoms with E-state index in [-0.39, 0.29) is 41.7 Å². The topological polar surface area (TPSA) is 67.9 Å². The summed E-state index contributed by atoms with van der Waals surface area (Å²) in [4.78, 5) is 12.1. The van der Waals surface area contributed by atoms with Gasteiger partial charge in [0.2, 0.25) is 0 Å². The van der Waals surface area contributed by atoms with Crippen molar-refractivity contribution in [2.24, 2.45) is 0 Å². The van der Waals surface area contributed by atoms with E-state index in [2.05, 4.69) is 5.10 Å². The number of carbonyl (C=O) groups excluding carboxylic acids is 1. The molecule has 1 aromatic carbocycles. The Hall–Kier alpha value is -2.75. The summed E-state index contributed by atoms with van der Waals surface area (Å²) in [6.45, 7) is 3.70. The summed E-state index contributed by atoms with van der Waals surface area (Å²) in [6.07, 6.45) is 1.63. The Morgan fingerprint density at radius 3 is 2.58 bits per heavy atom. The van der Waals surface area contributed by atoms with Crippen molar-refractivity contribution in [2.75, 3.05) is 6.61 Å². The lowest BCUT2D eigenvalue weighted by Gasteiger charge is -2.11. The molecule has 2 aromatic rings. The van der Waals surface area contributed by atoms with Gasteiger partial charge in [0, 0.05) is 34.9 Å². The van der Waals surface area contributed by atoms with E-state index in [9.17, 15) is 13.6 Å². The summed E-state index contributed by atoms with van der Waals surface area (Å²) in [5, 5.41) is 13.0. The molecule has 0 atom stereocenters. The molecule has 5 nitrogen and oxygen atoms in total. The average Bonchev–Trinajstić information content (AvgIpc) is 3.35. The summed E-state index contributed by atoms with van der Waals surface area (Å²) in [6, 6.07) is 4.12. The number of aromatic nitrogens is 2. The van der Waals surface area contributed by atoms with E-state index in [0.717, 1.165) is 30.7 Å². The van der Waals surface area contributed by atoms with Crippen molar-refractivity contribution in [1.29, 1.82) is 5.26 Å². The molecule has 1 aromatic heterocycles. The maximum atomic E-state index is 14.4. The lowest BCUT2D eigenvalue weighted by Crippen LogP contribution is -2.10. The Balaban J connectivity index is 1.99. The number of nitrogens with zero attached hydrogens (tertiary/aromatic N) is 3. The highest BCUT2D eigenvalue weighted by atomic mass is 19.1. The van der Waals surface area contributed by atoms with Crippen LogP contribution in [0.2, 0.25) is 0 Å². The number of Topliss-reactive ketones (excluding diaryl/α,β-unsaturated/α-hetero) is 1. The largest absolute Gasteiger partial charge is 0.494 e. The lowest BCUT2D eigenvalue weighted by atomic mass is 10.1. The van der Waals surface area contributed by atoms with Crippen molar-refractivity contribution >= 4 is 5.78 Å². The molecule has 0 aliphatic heterocycles. The van der Waals surface area contributed by atoms with Crippen molar-refractivity contribution in [1.82, 2.24) is 9.78 Å². The number of carbonyl (C=O) groups is 1. The Kier molecular flexibility index (Phi) is 5.03. The Morgan fingerprint density at radius 2 is 2.04 bits per heavy atom. The second-order valence-corrected chi connectivity index (χ2v) is 6.35. The molecule has 1 saturated carbocycles. The highest BCUT2D eigenvalue weighted by Crippen LogP contribution is 2.42. The summed E-state index contributed by atoms with van der Waals surface area (Å²) >= 11 is 0. The van der Waals surface area contributed by atoms with Crippen LogP contribution in [0.4, 0.5) is 8.78 Å². The number of rotatable bonds is 7. The Labute approximate surface area is 150 Å². The number of halogens is 2. The van der Waals surface area contributed by atoms with Gasteiger partial charge in [-0.2, -0.15) is 10.4 Å². The molecule has 0 saturated heterocycles. The molecule has 0 N–H and O–H groups in total. The van der Waals surface area contributed by atoms with Crippen molar-refractivity contribution in [2.45, 2.75) is 45.6 Å². The Morgan fingerprint density at radius 1 is 1.38 bits per heavy atom. The molecule has 1 aliphatic rings. The first-order chi connectivity index (χ1) is 12.5. The maximum absolute atomic E-state index is 14.4. The first kappa shape index (κ1) is 18.1. The number of benzene rings is 1. The van der Waals surface area contributed by atoms with E-state index >= 15 is 0 Å². The third-order valence-corrected chi connectivity index (χ3v) is 4.44. The predicted molar refractivity (Wildman–Crippen MR) is 90.1 cm³/mol. The zero-order valence-electron chi connectivity index (χ0n) is 14.7. The van der Waals surface area contributed by atoms with Crippen LogP contribution in [0, 0.1) is 29.9 Å². The van der Waals surface area contributed by atoms with Crippen LogP contribution >= 0.6 is 0 Å². The van der Waals surface area contributed by atoms with E-state index in [1.165, 1.54) is 4.68 Å². The highest BCUT2D eigenvalue weighted by molar-refractivity contribution is 5.97. The molecular formula is C19H19F2N3O2.